The number of piperidine rings is 1. The highest BCUT2D eigenvalue weighted by atomic mass is 35.5. The van der Waals surface area contributed by atoms with Gasteiger partial charge in [0, 0.05) is 24.3 Å². The minimum atomic E-state index is -1.08. The molecule has 2 aromatic rings. The third-order valence-corrected chi connectivity index (χ3v) is 6.57. The average Bonchev–Trinajstić information content (AvgIpc) is 2.66. The van der Waals surface area contributed by atoms with Crippen LogP contribution in [0.4, 0.5) is 10.5 Å². The molecule has 1 fully saturated rings. The minimum absolute atomic E-state index is 0.0854. The van der Waals surface area contributed by atoms with Gasteiger partial charge in [0.15, 0.2) is 0 Å². The molecule has 2 unspecified atom stereocenters. The Morgan fingerprint density at radius 3 is 2.53 bits per heavy atom. The van der Waals surface area contributed by atoms with Crippen molar-refractivity contribution in [3.63, 3.8) is 0 Å². The number of anilines is 1. The molecule has 1 amide bonds. The van der Waals surface area contributed by atoms with E-state index < -0.39 is 6.09 Å². The van der Waals surface area contributed by atoms with Crippen LogP contribution in [0.1, 0.15) is 50.3 Å². The fraction of sp³-hybridized carbons (Fsp3) is 0.458. The molecule has 0 radical (unpaired) electrons. The smallest absolute Gasteiger partial charge is 0.137 e. The van der Waals surface area contributed by atoms with E-state index in [0.29, 0.717) is 16.6 Å². The number of likely N-dealkylation sites (tertiary alicyclic amines) is 1. The summed E-state index contributed by atoms with van der Waals surface area (Å²) in [6.45, 7) is 8.80. The van der Waals surface area contributed by atoms with Crippen LogP contribution in [-0.4, -0.2) is 29.6 Å². The van der Waals surface area contributed by atoms with E-state index in [2.05, 4.69) is 51.2 Å². The van der Waals surface area contributed by atoms with Crippen LogP contribution in [0.15, 0.2) is 36.4 Å². The van der Waals surface area contributed by atoms with Crippen LogP contribution in [0.5, 0.6) is 0 Å². The molecule has 0 bridgehead atoms. The van der Waals surface area contributed by atoms with Crippen molar-refractivity contribution in [1.29, 1.82) is 0 Å². The van der Waals surface area contributed by atoms with Crippen molar-refractivity contribution < 1.29 is 9.90 Å². The van der Waals surface area contributed by atoms with Crippen molar-refractivity contribution in [2.24, 2.45) is 5.41 Å². The molecular formula is C24H29Cl2N2O2-. The largest absolute Gasteiger partial charge is 0.530 e. The number of nitrogens with one attached hydrogen (secondary N) is 1. The zero-order valence-corrected chi connectivity index (χ0v) is 19.5. The first-order chi connectivity index (χ1) is 14.0. The molecule has 0 aromatic heterocycles. The molecule has 1 saturated heterocycles. The second kappa shape index (κ2) is 9.07. The van der Waals surface area contributed by atoms with E-state index in [1.807, 2.05) is 18.2 Å². The minimum Gasteiger partial charge on any atom is -0.530 e. The highest BCUT2D eigenvalue weighted by molar-refractivity contribution is 6.42. The summed E-state index contributed by atoms with van der Waals surface area (Å²) in [5.41, 5.74) is 4.39. The molecule has 1 aliphatic rings. The number of halogens is 2. The monoisotopic (exact) mass is 447 g/mol. The third-order valence-electron chi connectivity index (χ3n) is 5.84. The predicted octanol–water partition coefficient (Wildman–Crippen LogP) is 5.53. The molecule has 1 aliphatic heterocycles. The molecule has 3 rings (SSSR count). The molecule has 30 heavy (non-hydrogen) atoms. The fourth-order valence-electron chi connectivity index (χ4n) is 4.24. The Hall–Kier alpha value is -1.91. The number of amides is 1. The summed E-state index contributed by atoms with van der Waals surface area (Å²) in [6.07, 6.45) is 1.16. The van der Waals surface area contributed by atoms with Crippen LogP contribution in [0.25, 0.3) is 0 Å². The van der Waals surface area contributed by atoms with Crippen LogP contribution < -0.4 is 10.4 Å². The number of aryl methyl sites for hydroxylation is 1. The molecule has 1 heterocycles. The van der Waals surface area contributed by atoms with E-state index >= 15 is 0 Å². The first-order valence-electron chi connectivity index (χ1n) is 10.3. The maximum atomic E-state index is 11.6. The maximum absolute atomic E-state index is 11.6. The van der Waals surface area contributed by atoms with E-state index in [4.69, 9.17) is 23.2 Å². The number of carbonyl (C=O) groups excluding carboxylic acids is 1. The van der Waals surface area contributed by atoms with Gasteiger partial charge in [-0.2, -0.15) is 0 Å². The first-order valence-corrected chi connectivity index (χ1v) is 11.1. The molecule has 162 valence electrons. The summed E-state index contributed by atoms with van der Waals surface area (Å²) >= 11 is 12.3. The van der Waals surface area contributed by atoms with Gasteiger partial charge < -0.3 is 20.1 Å². The van der Waals surface area contributed by atoms with Crippen molar-refractivity contribution in [1.82, 2.24) is 4.90 Å². The number of carboxylic acid groups (broad SMARTS) is 1. The van der Waals surface area contributed by atoms with Crippen LogP contribution in [0.3, 0.4) is 0 Å². The second-order valence-corrected chi connectivity index (χ2v) is 10.1. The van der Waals surface area contributed by atoms with Crippen molar-refractivity contribution >= 4 is 35.0 Å². The van der Waals surface area contributed by atoms with E-state index in [1.165, 1.54) is 16.0 Å². The molecule has 0 spiro atoms. The topological polar surface area (TPSA) is 55.4 Å². The number of hydrogen-bond acceptors (Lipinski definition) is 3. The maximum Gasteiger partial charge on any atom is 0.137 e. The van der Waals surface area contributed by atoms with Gasteiger partial charge in [0.1, 0.15) is 6.09 Å². The fourth-order valence-corrected chi connectivity index (χ4v) is 4.56. The molecule has 0 aliphatic carbocycles. The Kier molecular flexibility index (Phi) is 6.88. The normalized spacial score (nSPS) is 19.6. The van der Waals surface area contributed by atoms with E-state index in [0.717, 1.165) is 30.5 Å². The van der Waals surface area contributed by atoms with Gasteiger partial charge in [0.05, 0.1) is 10.0 Å². The van der Waals surface area contributed by atoms with E-state index in [1.54, 1.807) is 0 Å². The van der Waals surface area contributed by atoms with Gasteiger partial charge >= 0.3 is 0 Å². The Balaban J connectivity index is 1.81. The summed E-state index contributed by atoms with van der Waals surface area (Å²) < 4.78 is 0. The zero-order chi connectivity index (χ0) is 22.1. The molecule has 2 aromatic carbocycles. The number of carbonyl (C=O) groups is 1. The lowest BCUT2D eigenvalue weighted by molar-refractivity contribution is -0.271. The van der Waals surface area contributed by atoms with E-state index in [-0.39, 0.29) is 17.5 Å². The Morgan fingerprint density at radius 1 is 1.17 bits per heavy atom. The van der Waals surface area contributed by atoms with Crippen molar-refractivity contribution in [2.45, 2.75) is 59.0 Å². The Morgan fingerprint density at radius 2 is 1.90 bits per heavy atom. The SMILES string of the molecule is Cc1ccc(NC2CCN(C(=O)[O-])C(C(C)(C)C)C2)c(Cc2ccc(Cl)c(Cl)c2)c1. The highest BCUT2D eigenvalue weighted by Gasteiger charge is 2.36. The average molecular weight is 448 g/mol. The van der Waals surface area contributed by atoms with Crippen LogP contribution >= 0.6 is 23.2 Å². The molecule has 6 heteroatoms. The zero-order valence-electron chi connectivity index (χ0n) is 18.0. The lowest BCUT2D eigenvalue weighted by atomic mass is 9.79. The molecule has 0 saturated carbocycles. The van der Waals surface area contributed by atoms with Gasteiger partial charge in [0.2, 0.25) is 0 Å². The summed E-state index contributed by atoms with van der Waals surface area (Å²) in [4.78, 5) is 13.1. The third kappa shape index (κ3) is 5.41. The Labute approximate surface area is 189 Å². The predicted molar refractivity (Wildman–Crippen MR) is 122 cm³/mol. The van der Waals surface area contributed by atoms with Gasteiger partial charge in [-0.3, -0.25) is 0 Å². The molecular weight excluding hydrogens is 419 g/mol. The molecule has 1 N–H and O–H groups in total. The second-order valence-electron chi connectivity index (χ2n) is 9.29. The van der Waals surface area contributed by atoms with Crippen molar-refractivity contribution in [3.8, 4) is 0 Å². The first kappa shape index (κ1) is 22.8. The number of hydrogen-bond donors (Lipinski definition) is 1. The van der Waals surface area contributed by atoms with Gasteiger partial charge in [-0.1, -0.05) is 67.7 Å². The van der Waals surface area contributed by atoms with Gasteiger partial charge in [0.25, 0.3) is 0 Å². The summed E-state index contributed by atoms with van der Waals surface area (Å²) in [5.74, 6) is 0. The van der Waals surface area contributed by atoms with Crippen LogP contribution in [0.2, 0.25) is 10.0 Å². The summed E-state index contributed by atoms with van der Waals surface area (Å²) in [5, 5.41) is 16.4. The van der Waals surface area contributed by atoms with Crippen LogP contribution in [0, 0.1) is 12.3 Å². The lowest BCUT2D eigenvalue weighted by Gasteiger charge is -2.47. The quantitative estimate of drug-likeness (QED) is 0.670. The van der Waals surface area contributed by atoms with Gasteiger partial charge in [-0.05, 0) is 60.9 Å². The molecule has 4 nitrogen and oxygen atoms in total. The van der Waals surface area contributed by atoms with Gasteiger partial charge in [-0.25, -0.2) is 0 Å². The van der Waals surface area contributed by atoms with Crippen molar-refractivity contribution in [3.05, 3.63) is 63.1 Å². The van der Waals surface area contributed by atoms with Crippen LogP contribution in [-0.2, 0) is 6.42 Å². The highest BCUT2D eigenvalue weighted by Crippen LogP contribution is 2.34. The summed E-state index contributed by atoms with van der Waals surface area (Å²) in [6, 6.07) is 12.2. The summed E-state index contributed by atoms with van der Waals surface area (Å²) in [7, 11) is 0. The lowest BCUT2D eigenvalue weighted by Crippen LogP contribution is -2.57. The van der Waals surface area contributed by atoms with Gasteiger partial charge in [-0.15, -0.1) is 0 Å². The van der Waals surface area contributed by atoms with E-state index in [9.17, 15) is 9.90 Å². The van der Waals surface area contributed by atoms with Crippen molar-refractivity contribution in [2.75, 3.05) is 11.9 Å². The number of nitrogens with zero attached hydrogens (tertiary/aromatic N) is 1. The molecule has 2 atom stereocenters. The standard InChI is InChI=1S/C24H30Cl2N2O2/c1-15-5-8-21(17(11-15)12-16-6-7-19(25)20(26)13-16)27-18-9-10-28(23(29)30)22(14-18)24(2,3)4/h5-8,11,13,18,22,27H,9-10,12,14H2,1-4H3,(H,29,30)/p-1. The number of rotatable bonds is 4. The number of benzene rings is 2. The Bertz CT molecular complexity index is 924.